The summed E-state index contributed by atoms with van der Waals surface area (Å²) in [6.07, 6.45) is 2.57. The number of aromatic nitrogens is 3. The number of nitrogens with zero attached hydrogens (tertiary/aromatic N) is 3. The molecule has 6 nitrogen and oxygen atoms in total. The van der Waals surface area contributed by atoms with E-state index in [0.717, 1.165) is 40.9 Å². The minimum absolute atomic E-state index is 0.0280. The summed E-state index contributed by atoms with van der Waals surface area (Å²) in [6, 6.07) is 12.1. The van der Waals surface area contributed by atoms with Gasteiger partial charge in [0.15, 0.2) is 0 Å². The number of rotatable bonds is 3. The summed E-state index contributed by atoms with van der Waals surface area (Å²) < 4.78 is 5.63. The van der Waals surface area contributed by atoms with Crippen molar-refractivity contribution in [1.82, 2.24) is 15.2 Å². The van der Waals surface area contributed by atoms with Gasteiger partial charge in [0.25, 0.3) is 0 Å². The number of aromatic amines is 1. The predicted octanol–water partition coefficient (Wildman–Crippen LogP) is 2.21. The minimum atomic E-state index is -0.163. The molecule has 1 unspecified atom stereocenters. The Balaban J connectivity index is 1.68. The summed E-state index contributed by atoms with van der Waals surface area (Å²) >= 11 is 0. The maximum atomic E-state index is 9.42. The van der Waals surface area contributed by atoms with E-state index in [0.29, 0.717) is 13.2 Å². The molecule has 1 fully saturated rings. The average molecular weight is 324 g/mol. The maximum Gasteiger partial charge on any atom is 0.129 e. The molecule has 3 aromatic rings. The molecule has 6 heteroatoms. The van der Waals surface area contributed by atoms with Crippen LogP contribution in [-0.4, -0.2) is 52.7 Å². The number of H-pyrrole nitrogens is 1. The van der Waals surface area contributed by atoms with Crippen LogP contribution in [0.4, 0.5) is 5.82 Å². The second kappa shape index (κ2) is 6.59. The number of aliphatic hydroxyl groups is 1. The second-order valence-corrected chi connectivity index (χ2v) is 6.00. The van der Waals surface area contributed by atoms with Crippen molar-refractivity contribution in [3.05, 3.63) is 42.6 Å². The van der Waals surface area contributed by atoms with Crippen molar-refractivity contribution in [1.29, 1.82) is 0 Å². The Kier molecular flexibility index (Phi) is 4.15. The van der Waals surface area contributed by atoms with E-state index >= 15 is 0 Å². The van der Waals surface area contributed by atoms with Crippen LogP contribution in [0.1, 0.15) is 6.42 Å². The van der Waals surface area contributed by atoms with Crippen LogP contribution in [0.3, 0.4) is 0 Å². The number of para-hydroxylation sites is 1. The van der Waals surface area contributed by atoms with Gasteiger partial charge in [0.2, 0.25) is 0 Å². The number of fused-ring (bicyclic) bond motifs is 1. The molecule has 1 aromatic carbocycles. The highest BCUT2D eigenvalue weighted by Crippen LogP contribution is 2.28. The summed E-state index contributed by atoms with van der Waals surface area (Å²) in [7, 11) is 0. The lowest BCUT2D eigenvalue weighted by Gasteiger charge is -2.24. The molecule has 1 saturated heterocycles. The molecule has 2 aromatic heterocycles. The van der Waals surface area contributed by atoms with E-state index in [1.54, 1.807) is 0 Å². The fourth-order valence-electron chi connectivity index (χ4n) is 3.14. The lowest BCUT2D eigenvalue weighted by molar-refractivity contribution is 0.0266. The average Bonchev–Trinajstić information content (AvgIpc) is 2.91. The molecule has 0 saturated carbocycles. The zero-order valence-corrected chi connectivity index (χ0v) is 13.4. The van der Waals surface area contributed by atoms with Gasteiger partial charge in [-0.05, 0) is 24.6 Å². The molecule has 1 atom stereocenters. The predicted molar refractivity (Wildman–Crippen MR) is 93.0 cm³/mol. The van der Waals surface area contributed by atoms with Gasteiger partial charge in [0.1, 0.15) is 11.5 Å². The smallest absolute Gasteiger partial charge is 0.129 e. The normalized spacial score (nSPS) is 18.7. The van der Waals surface area contributed by atoms with Gasteiger partial charge in [-0.3, -0.25) is 5.10 Å². The van der Waals surface area contributed by atoms with E-state index in [-0.39, 0.29) is 12.7 Å². The Morgan fingerprint density at radius 2 is 2.21 bits per heavy atom. The van der Waals surface area contributed by atoms with Crippen LogP contribution in [0, 0.1) is 0 Å². The van der Waals surface area contributed by atoms with Gasteiger partial charge in [-0.1, -0.05) is 18.2 Å². The summed E-state index contributed by atoms with van der Waals surface area (Å²) in [5.74, 6) is 0.892. The van der Waals surface area contributed by atoms with E-state index < -0.39 is 0 Å². The third-order valence-electron chi connectivity index (χ3n) is 4.37. The molecule has 4 rings (SSSR count). The summed E-state index contributed by atoms with van der Waals surface area (Å²) in [5, 5.41) is 18.1. The monoisotopic (exact) mass is 324 g/mol. The molecule has 124 valence electrons. The van der Waals surface area contributed by atoms with Crippen molar-refractivity contribution in [2.45, 2.75) is 12.5 Å². The number of hydrogen-bond donors (Lipinski definition) is 2. The first-order valence-corrected chi connectivity index (χ1v) is 8.22. The molecule has 1 aliphatic heterocycles. The van der Waals surface area contributed by atoms with Crippen molar-refractivity contribution >= 4 is 16.7 Å². The number of anilines is 1. The quantitative estimate of drug-likeness (QED) is 0.773. The van der Waals surface area contributed by atoms with Gasteiger partial charge in [-0.25, -0.2) is 4.98 Å². The molecule has 24 heavy (non-hydrogen) atoms. The van der Waals surface area contributed by atoms with Crippen LogP contribution in [0.25, 0.3) is 22.2 Å². The number of pyridine rings is 1. The van der Waals surface area contributed by atoms with Gasteiger partial charge in [-0.2, -0.15) is 5.10 Å². The highest BCUT2D eigenvalue weighted by molar-refractivity contribution is 5.93. The summed E-state index contributed by atoms with van der Waals surface area (Å²) in [5.41, 5.74) is 2.98. The Bertz CT molecular complexity index is 833. The first-order valence-electron chi connectivity index (χ1n) is 8.22. The Morgan fingerprint density at radius 3 is 3.12 bits per heavy atom. The Morgan fingerprint density at radius 1 is 1.29 bits per heavy atom. The Labute approximate surface area is 140 Å². The van der Waals surface area contributed by atoms with Crippen molar-refractivity contribution in [3.8, 4) is 11.3 Å². The molecular weight excluding hydrogens is 304 g/mol. The van der Waals surface area contributed by atoms with Gasteiger partial charge in [0, 0.05) is 36.8 Å². The van der Waals surface area contributed by atoms with Crippen molar-refractivity contribution in [3.63, 3.8) is 0 Å². The first kappa shape index (κ1) is 15.1. The first-order chi connectivity index (χ1) is 11.8. The number of hydrogen-bond acceptors (Lipinski definition) is 5. The topological polar surface area (TPSA) is 74.3 Å². The molecule has 0 bridgehead atoms. The number of ether oxygens (including phenoxy) is 1. The van der Waals surface area contributed by atoms with E-state index in [2.05, 4.69) is 32.2 Å². The van der Waals surface area contributed by atoms with Crippen LogP contribution in [0.2, 0.25) is 0 Å². The minimum Gasteiger partial charge on any atom is -0.394 e. The van der Waals surface area contributed by atoms with E-state index in [1.807, 2.05) is 30.5 Å². The van der Waals surface area contributed by atoms with Crippen molar-refractivity contribution in [2.75, 3.05) is 31.2 Å². The fourth-order valence-corrected chi connectivity index (χ4v) is 3.14. The van der Waals surface area contributed by atoms with Gasteiger partial charge >= 0.3 is 0 Å². The van der Waals surface area contributed by atoms with Crippen LogP contribution in [-0.2, 0) is 4.74 Å². The second-order valence-electron chi connectivity index (χ2n) is 6.00. The highest BCUT2D eigenvalue weighted by Gasteiger charge is 2.20. The summed E-state index contributed by atoms with van der Waals surface area (Å²) in [4.78, 5) is 6.69. The fraction of sp³-hybridized carbons (Fsp3) is 0.333. The third-order valence-corrected chi connectivity index (χ3v) is 4.37. The standard InChI is InChI=1S/C18H20N4O2/c23-12-14-11-22(8-3-9-24-14)17-10-13(6-7-19-17)18-15-4-1-2-5-16(15)20-21-18/h1-2,4-7,10,14,23H,3,8-9,11-12H2,(H,20,21). The van der Waals surface area contributed by atoms with E-state index in [9.17, 15) is 5.11 Å². The lowest BCUT2D eigenvalue weighted by atomic mass is 10.1. The van der Waals surface area contributed by atoms with Crippen LogP contribution in [0.5, 0.6) is 0 Å². The lowest BCUT2D eigenvalue weighted by Crippen LogP contribution is -2.34. The molecule has 1 aliphatic rings. The van der Waals surface area contributed by atoms with Crippen molar-refractivity contribution < 1.29 is 9.84 Å². The molecule has 3 heterocycles. The molecule has 0 spiro atoms. The number of benzene rings is 1. The highest BCUT2D eigenvalue weighted by atomic mass is 16.5. The van der Waals surface area contributed by atoms with Crippen LogP contribution >= 0.6 is 0 Å². The number of nitrogens with one attached hydrogen (secondary N) is 1. The van der Waals surface area contributed by atoms with E-state index in [4.69, 9.17) is 4.74 Å². The largest absolute Gasteiger partial charge is 0.394 e. The number of aliphatic hydroxyl groups excluding tert-OH is 1. The van der Waals surface area contributed by atoms with Gasteiger partial charge in [0.05, 0.1) is 18.2 Å². The van der Waals surface area contributed by atoms with Gasteiger partial charge in [-0.15, -0.1) is 0 Å². The molecular formula is C18H20N4O2. The van der Waals surface area contributed by atoms with Crippen molar-refractivity contribution in [2.24, 2.45) is 0 Å². The van der Waals surface area contributed by atoms with E-state index in [1.165, 1.54) is 0 Å². The summed E-state index contributed by atoms with van der Waals surface area (Å²) in [6.45, 7) is 2.22. The third kappa shape index (κ3) is 2.86. The zero-order valence-electron chi connectivity index (χ0n) is 13.4. The molecule has 0 amide bonds. The van der Waals surface area contributed by atoms with Gasteiger partial charge < -0.3 is 14.7 Å². The zero-order chi connectivity index (χ0) is 16.4. The van der Waals surface area contributed by atoms with Crippen LogP contribution in [0.15, 0.2) is 42.6 Å². The van der Waals surface area contributed by atoms with Crippen LogP contribution < -0.4 is 4.90 Å². The maximum absolute atomic E-state index is 9.42. The molecule has 0 radical (unpaired) electrons. The molecule has 2 N–H and O–H groups in total. The molecule has 0 aliphatic carbocycles. The SMILES string of the molecule is OCC1CN(c2cc(-c3n[nH]c4ccccc34)ccn2)CCCO1. The Hall–Kier alpha value is -2.44.